The second-order valence-electron chi connectivity index (χ2n) is 8.12. The summed E-state index contributed by atoms with van der Waals surface area (Å²) < 4.78 is 0. The van der Waals surface area contributed by atoms with Crippen molar-refractivity contribution >= 4 is 17.0 Å². The second-order valence-corrected chi connectivity index (χ2v) is 8.12. The van der Waals surface area contributed by atoms with E-state index in [2.05, 4.69) is 117 Å². The summed E-state index contributed by atoms with van der Waals surface area (Å²) in [6.07, 6.45) is 4.39. The summed E-state index contributed by atoms with van der Waals surface area (Å²) in [5, 5.41) is 1.23. The number of hydrogen-bond donors (Lipinski definition) is 1. The highest BCUT2D eigenvalue weighted by Crippen LogP contribution is 2.35. The van der Waals surface area contributed by atoms with Gasteiger partial charge in [0.25, 0.3) is 0 Å². The first-order valence-electron chi connectivity index (χ1n) is 10.1. The lowest BCUT2D eigenvalue weighted by molar-refractivity contribution is 0.637. The first-order valence-corrected chi connectivity index (χ1v) is 10.1. The molecule has 1 heteroatoms. The summed E-state index contributed by atoms with van der Waals surface area (Å²) in [4.78, 5) is 3.60. The molecule has 0 saturated carbocycles. The van der Waals surface area contributed by atoms with Crippen LogP contribution in [0.25, 0.3) is 28.2 Å². The molecule has 0 amide bonds. The van der Waals surface area contributed by atoms with Crippen LogP contribution in [0, 0.1) is 6.92 Å². The Morgan fingerprint density at radius 3 is 2.28 bits per heavy atom. The fourth-order valence-electron chi connectivity index (χ4n) is 4.01. The molecule has 1 nitrogen and oxygen atoms in total. The van der Waals surface area contributed by atoms with E-state index in [9.17, 15) is 0 Å². The summed E-state index contributed by atoms with van der Waals surface area (Å²) in [7, 11) is 0. The van der Waals surface area contributed by atoms with Crippen molar-refractivity contribution in [2.24, 2.45) is 0 Å². The molecule has 0 unspecified atom stereocenters. The third-order valence-corrected chi connectivity index (χ3v) is 5.88. The number of H-pyrrole nitrogens is 1. The average Bonchev–Trinajstić information content (AvgIpc) is 3.11. The van der Waals surface area contributed by atoms with Gasteiger partial charge in [-0.05, 0) is 35.3 Å². The Balaban J connectivity index is 1.77. The molecule has 0 atom stereocenters. The van der Waals surface area contributed by atoms with E-state index in [-0.39, 0.29) is 5.41 Å². The SMILES string of the molecule is C=C(/C=C/c1c(-c2ccccc2)[nH]c2ccccc12)C(C)(C)c1ccccc1C. The predicted molar refractivity (Wildman–Crippen MR) is 126 cm³/mol. The molecule has 29 heavy (non-hydrogen) atoms. The van der Waals surface area contributed by atoms with E-state index < -0.39 is 0 Å². The fraction of sp³-hybridized carbons (Fsp3) is 0.143. The molecular formula is C28H27N. The van der Waals surface area contributed by atoms with Crippen LogP contribution in [-0.4, -0.2) is 4.98 Å². The van der Waals surface area contributed by atoms with Gasteiger partial charge in [0.2, 0.25) is 0 Å². The zero-order valence-electron chi connectivity index (χ0n) is 17.4. The van der Waals surface area contributed by atoms with Gasteiger partial charge in [0, 0.05) is 21.9 Å². The third kappa shape index (κ3) is 3.56. The van der Waals surface area contributed by atoms with Crippen LogP contribution in [0.4, 0.5) is 0 Å². The highest BCUT2D eigenvalue weighted by molar-refractivity contribution is 5.96. The standard InChI is InChI=1S/C28H27N/c1-20-12-8-10-16-25(20)28(3,4)21(2)18-19-24-23-15-9-11-17-26(23)29-27(24)22-13-6-5-7-14-22/h5-19,29H,2H2,1,3-4H3/b19-18+. The van der Waals surface area contributed by atoms with E-state index in [1.165, 1.54) is 27.6 Å². The molecule has 1 heterocycles. The lowest BCUT2D eigenvalue weighted by atomic mass is 9.76. The minimum Gasteiger partial charge on any atom is -0.354 e. The molecule has 4 rings (SSSR count). The number of nitrogens with one attached hydrogen (secondary N) is 1. The minimum absolute atomic E-state index is 0.138. The van der Waals surface area contributed by atoms with Crippen molar-refractivity contribution in [1.29, 1.82) is 0 Å². The van der Waals surface area contributed by atoms with Crippen molar-refractivity contribution in [1.82, 2.24) is 4.98 Å². The molecule has 0 saturated heterocycles. The van der Waals surface area contributed by atoms with Gasteiger partial charge in [-0.15, -0.1) is 0 Å². The molecule has 1 N–H and O–H groups in total. The molecule has 3 aromatic carbocycles. The van der Waals surface area contributed by atoms with Gasteiger partial charge in [-0.1, -0.05) is 105 Å². The van der Waals surface area contributed by atoms with Crippen LogP contribution in [0.1, 0.15) is 30.5 Å². The quantitative estimate of drug-likeness (QED) is 0.343. The largest absolute Gasteiger partial charge is 0.354 e. The summed E-state index contributed by atoms with van der Waals surface area (Å²) in [6.45, 7) is 11.1. The molecule has 0 aliphatic rings. The number of fused-ring (bicyclic) bond motifs is 1. The van der Waals surface area contributed by atoms with Gasteiger partial charge in [0.05, 0.1) is 5.69 Å². The van der Waals surface area contributed by atoms with E-state index in [1.807, 2.05) is 6.07 Å². The molecule has 4 aromatic rings. The smallest absolute Gasteiger partial charge is 0.0538 e. The first-order chi connectivity index (χ1) is 14.0. The van der Waals surface area contributed by atoms with Crippen molar-refractivity contribution in [3.63, 3.8) is 0 Å². The Bertz CT molecular complexity index is 1190. The van der Waals surface area contributed by atoms with Gasteiger partial charge < -0.3 is 4.98 Å². The monoisotopic (exact) mass is 377 g/mol. The maximum atomic E-state index is 4.43. The Hall–Kier alpha value is -3.32. The maximum absolute atomic E-state index is 4.43. The summed E-state index contributed by atoms with van der Waals surface area (Å²) in [6, 6.07) is 27.5. The number of aryl methyl sites for hydroxylation is 1. The highest BCUT2D eigenvalue weighted by Gasteiger charge is 2.24. The van der Waals surface area contributed by atoms with Crippen LogP contribution in [0.3, 0.4) is 0 Å². The molecule has 0 bridgehead atoms. The number of hydrogen-bond acceptors (Lipinski definition) is 0. The van der Waals surface area contributed by atoms with Crippen molar-refractivity contribution in [2.75, 3.05) is 0 Å². The number of para-hydroxylation sites is 1. The van der Waals surface area contributed by atoms with Crippen LogP contribution in [0.5, 0.6) is 0 Å². The summed E-state index contributed by atoms with van der Waals surface area (Å²) in [5.74, 6) is 0. The van der Waals surface area contributed by atoms with E-state index in [0.717, 1.165) is 16.8 Å². The predicted octanol–water partition coefficient (Wildman–Crippen LogP) is 7.69. The lowest BCUT2D eigenvalue weighted by Gasteiger charge is -2.28. The molecule has 1 aromatic heterocycles. The Morgan fingerprint density at radius 2 is 1.52 bits per heavy atom. The van der Waals surface area contributed by atoms with Gasteiger partial charge >= 0.3 is 0 Å². The van der Waals surface area contributed by atoms with Crippen molar-refractivity contribution in [3.8, 4) is 11.3 Å². The van der Waals surface area contributed by atoms with Crippen molar-refractivity contribution in [3.05, 3.63) is 114 Å². The van der Waals surface area contributed by atoms with Gasteiger partial charge in [0.1, 0.15) is 0 Å². The van der Waals surface area contributed by atoms with Gasteiger partial charge in [-0.3, -0.25) is 0 Å². The van der Waals surface area contributed by atoms with Crippen LogP contribution >= 0.6 is 0 Å². The second kappa shape index (κ2) is 7.60. The normalized spacial score (nSPS) is 12.0. The molecule has 0 aliphatic carbocycles. The fourth-order valence-corrected chi connectivity index (χ4v) is 4.01. The van der Waals surface area contributed by atoms with Crippen molar-refractivity contribution < 1.29 is 0 Å². The molecule has 0 fully saturated rings. The third-order valence-electron chi connectivity index (χ3n) is 5.88. The van der Waals surface area contributed by atoms with Gasteiger partial charge in [0.15, 0.2) is 0 Å². The van der Waals surface area contributed by atoms with Crippen LogP contribution < -0.4 is 0 Å². The number of rotatable bonds is 5. The van der Waals surface area contributed by atoms with E-state index in [0.29, 0.717) is 0 Å². The Kier molecular flexibility index (Phi) is 4.98. The number of aromatic amines is 1. The Morgan fingerprint density at radius 1 is 0.862 bits per heavy atom. The zero-order chi connectivity index (χ0) is 20.4. The maximum Gasteiger partial charge on any atom is 0.0538 e. The topological polar surface area (TPSA) is 15.8 Å². The Labute approximate surface area is 173 Å². The van der Waals surface area contributed by atoms with E-state index in [4.69, 9.17) is 0 Å². The van der Waals surface area contributed by atoms with Crippen LogP contribution in [-0.2, 0) is 5.41 Å². The molecule has 0 spiro atoms. The van der Waals surface area contributed by atoms with E-state index >= 15 is 0 Å². The van der Waals surface area contributed by atoms with Gasteiger partial charge in [-0.2, -0.15) is 0 Å². The summed E-state index contributed by atoms with van der Waals surface area (Å²) >= 11 is 0. The minimum atomic E-state index is -0.138. The van der Waals surface area contributed by atoms with Crippen molar-refractivity contribution in [2.45, 2.75) is 26.2 Å². The zero-order valence-corrected chi connectivity index (χ0v) is 17.4. The van der Waals surface area contributed by atoms with Crippen LogP contribution in [0.2, 0.25) is 0 Å². The molecule has 0 radical (unpaired) electrons. The lowest BCUT2D eigenvalue weighted by Crippen LogP contribution is -2.19. The average molecular weight is 378 g/mol. The van der Waals surface area contributed by atoms with E-state index in [1.54, 1.807) is 0 Å². The summed E-state index contributed by atoms with van der Waals surface area (Å²) in [5.41, 5.74) is 8.25. The number of allylic oxidation sites excluding steroid dienone is 2. The molecule has 0 aliphatic heterocycles. The molecular weight excluding hydrogens is 350 g/mol. The van der Waals surface area contributed by atoms with Crippen LogP contribution in [0.15, 0.2) is 97.1 Å². The first kappa shape index (κ1) is 19.0. The highest BCUT2D eigenvalue weighted by atomic mass is 14.7. The number of aromatic nitrogens is 1. The molecule has 144 valence electrons. The number of benzene rings is 3. The van der Waals surface area contributed by atoms with Gasteiger partial charge in [-0.25, -0.2) is 0 Å².